The summed E-state index contributed by atoms with van der Waals surface area (Å²) >= 11 is 0. The number of H-pyrrole nitrogens is 1. The Bertz CT molecular complexity index is 1150. The van der Waals surface area contributed by atoms with Gasteiger partial charge in [0.1, 0.15) is 11.5 Å². The molecule has 1 aliphatic rings. The molecule has 136 valence electrons. The molecule has 8 heteroatoms. The van der Waals surface area contributed by atoms with Crippen LogP contribution in [-0.2, 0) is 6.54 Å². The summed E-state index contributed by atoms with van der Waals surface area (Å²) in [4.78, 5) is 8.73. The standard InChI is InChI=1S/C19H17FN6O/c1-10-8-26-19(27-9-10)16(17(25-26)15-4-3-12(20)6-21-15)13-5-11(2)23-18-14(13)7-22-24-18/h3-7,10H,8-9H2,1-2H3,(H,22,23,24). The molecule has 0 bridgehead atoms. The van der Waals surface area contributed by atoms with Crippen LogP contribution in [0.4, 0.5) is 4.39 Å². The number of aromatic nitrogens is 6. The van der Waals surface area contributed by atoms with Gasteiger partial charge in [-0.05, 0) is 25.1 Å². The fraction of sp³-hybridized carbons (Fsp3) is 0.263. The summed E-state index contributed by atoms with van der Waals surface area (Å²) in [5.41, 5.74) is 4.56. The van der Waals surface area contributed by atoms with Gasteiger partial charge in [0.2, 0.25) is 5.88 Å². The second kappa shape index (κ2) is 5.87. The maximum Gasteiger partial charge on any atom is 0.220 e. The van der Waals surface area contributed by atoms with Crippen molar-refractivity contribution in [1.82, 2.24) is 29.9 Å². The summed E-state index contributed by atoms with van der Waals surface area (Å²) in [6.45, 7) is 5.42. The number of hydrogen-bond acceptors (Lipinski definition) is 5. The summed E-state index contributed by atoms with van der Waals surface area (Å²) < 4.78 is 21.3. The third kappa shape index (κ3) is 2.56. The van der Waals surface area contributed by atoms with Crippen molar-refractivity contribution in [3.8, 4) is 28.4 Å². The maximum absolute atomic E-state index is 13.4. The molecule has 7 nitrogen and oxygen atoms in total. The second-order valence-electron chi connectivity index (χ2n) is 6.93. The van der Waals surface area contributed by atoms with Crippen molar-refractivity contribution in [2.24, 2.45) is 5.92 Å². The molecule has 5 rings (SSSR count). The number of nitrogens with one attached hydrogen (secondary N) is 1. The predicted molar refractivity (Wildman–Crippen MR) is 97.7 cm³/mol. The first-order chi connectivity index (χ1) is 13.1. The second-order valence-corrected chi connectivity index (χ2v) is 6.93. The van der Waals surface area contributed by atoms with E-state index in [-0.39, 0.29) is 5.82 Å². The Hall–Kier alpha value is -3.29. The zero-order chi connectivity index (χ0) is 18.5. The first kappa shape index (κ1) is 15.9. The fourth-order valence-electron chi connectivity index (χ4n) is 3.49. The van der Waals surface area contributed by atoms with Crippen molar-refractivity contribution < 1.29 is 9.13 Å². The van der Waals surface area contributed by atoms with E-state index in [0.29, 0.717) is 35.4 Å². The highest BCUT2D eigenvalue weighted by Gasteiger charge is 2.28. The van der Waals surface area contributed by atoms with Gasteiger partial charge in [0, 0.05) is 22.6 Å². The molecular formula is C19H17FN6O. The van der Waals surface area contributed by atoms with Crippen molar-refractivity contribution in [2.75, 3.05) is 6.61 Å². The molecule has 0 saturated heterocycles. The molecule has 0 aliphatic carbocycles. The monoisotopic (exact) mass is 364 g/mol. The Balaban J connectivity index is 1.82. The molecule has 27 heavy (non-hydrogen) atoms. The van der Waals surface area contributed by atoms with Crippen LogP contribution in [0.5, 0.6) is 5.88 Å². The molecule has 1 aliphatic heterocycles. The highest BCUT2D eigenvalue weighted by molar-refractivity contribution is 5.98. The van der Waals surface area contributed by atoms with Crippen molar-refractivity contribution in [3.63, 3.8) is 0 Å². The van der Waals surface area contributed by atoms with Crippen LogP contribution in [0.1, 0.15) is 12.6 Å². The normalized spacial score (nSPS) is 16.3. The highest BCUT2D eigenvalue weighted by Crippen LogP contribution is 2.43. The molecule has 0 fully saturated rings. The number of hydrogen-bond donors (Lipinski definition) is 1. The number of ether oxygens (including phenoxy) is 1. The number of halogens is 1. The minimum absolute atomic E-state index is 0.354. The van der Waals surface area contributed by atoms with Gasteiger partial charge in [-0.15, -0.1) is 0 Å². The number of fused-ring (bicyclic) bond motifs is 2. The quantitative estimate of drug-likeness (QED) is 0.590. The van der Waals surface area contributed by atoms with Crippen LogP contribution in [0.15, 0.2) is 30.6 Å². The summed E-state index contributed by atoms with van der Waals surface area (Å²) in [5, 5.41) is 12.7. The molecule has 4 aromatic heterocycles. The van der Waals surface area contributed by atoms with E-state index in [1.54, 1.807) is 12.3 Å². The Morgan fingerprint density at radius 1 is 1.30 bits per heavy atom. The lowest BCUT2D eigenvalue weighted by Gasteiger charge is -2.21. The average Bonchev–Trinajstić information content (AvgIpc) is 3.25. The highest BCUT2D eigenvalue weighted by atomic mass is 19.1. The Morgan fingerprint density at radius 2 is 2.19 bits per heavy atom. The van der Waals surface area contributed by atoms with E-state index < -0.39 is 0 Å². The molecule has 4 aromatic rings. The van der Waals surface area contributed by atoms with E-state index >= 15 is 0 Å². The molecule has 1 unspecified atom stereocenters. The van der Waals surface area contributed by atoms with Crippen molar-refractivity contribution in [3.05, 3.63) is 42.1 Å². The van der Waals surface area contributed by atoms with Crippen LogP contribution in [0.3, 0.4) is 0 Å². The minimum atomic E-state index is -0.383. The maximum atomic E-state index is 13.4. The van der Waals surface area contributed by atoms with E-state index in [2.05, 4.69) is 27.1 Å². The largest absolute Gasteiger partial charge is 0.477 e. The van der Waals surface area contributed by atoms with Gasteiger partial charge in [-0.3, -0.25) is 10.1 Å². The molecule has 0 spiro atoms. The summed E-state index contributed by atoms with van der Waals surface area (Å²) in [6, 6.07) is 5.01. The lowest BCUT2D eigenvalue weighted by Crippen LogP contribution is -2.23. The van der Waals surface area contributed by atoms with Gasteiger partial charge in [0.05, 0.1) is 36.8 Å². The van der Waals surface area contributed by atoms with Crippen LogP contribution in [0, 0.1) is 18.7 Å². The number of aryl methyl sites for hydroxylation is 1. The van der Waals surface area contributed by atoms with Gasteiger partial charge in [-0.2, -0.15) is 10.2 Å². The lowest BCUT2D eigenvalue weighted by molar-refractivity contribution is 0.176. The molecule has 0 aromatic carbocycles. The van der Waals surface area contributed by atoms with Crippen molar-refractivity contribution in [1.29, 1.82) is 0 Å². The van der Waals surface area contributed by atoms with Gasteiger partial charge in [-0.1, -0.05) is 6.92 Å². The third-order valence-corrected chi connectivity index (χ3v) is 4.69. The minimum Gasteiger partial charge on any atom is -0.477 e. The van der Waals surface area contributed by atoms with Crippen LogP contribution >= 0.6 is 0 Å². The van der Waals surface area contributed by atoms with Crippen molar-refractivity contribution in [2.45, 2.75) is 20.4 Å². The van der Waals surface area contributed by atoms with Crippen LogP contribution in [-0.4, -0.2) is 36.6 Å². The molecule has 1 atom stereocenters. The van der Waals surface area contributed by atoms with Crippen LogP contribution in [0.2, 0.25) is 0 Å². The SMILES string of the molecule is Cc1cc(-c2c(-c3ccc(F)cn3)nn3c2OCC(C)C3)c2cn[nH]c2n1. The number of rotatable bonds is 2. The Labute approximate surface area is 154 Å². The summed E-state index contributed by atoms with van der Waals surface area (Å²) in [6.07, 6.45) is 2.95. The third-order valence-electron chi connectivity index (χ3n) is 4.69. The van der Waals surface area contributed by atoms with E-state index in [9.17, 15) is 4.39 Å². The van der Waals surface area contributed by atoms with Gasteiger partial charge in [0.15, 0.2) is 5.65 Å². The Kier molecular flexibility index (Phi) is 3.46. The van der Waals surface area contributed by atoms with E-state index in [0.717, 1.165) is 28.8 Å². The topological polar surface area (TPSA) is 81.5 Å². The molecular weight excluding hydrogens is 347 g/mol. The van der Waals surface area contributed by atoms with Gasteiger partial charge < -0.3 is 4.74 Å². The Morgan fingerprint density at radius 3 is 3.00 bits per heavy atom. The van der Waals surface area contributed by atoms with E-state index in [4.69, 9.17) is 9.84 Å². The number of nitrogens with zero attached hydrogens (tertiary/aromatic N) is 5. The molecule has 0 saturated carbocycles. The fourth-order valence-corrected chi connectivity index (χ4v) is 3.49. The van der Waals surface area contributed by atoms with Gasteiger partial charge in [0.25, 0.3) is 0 Å². The zero-order valence-corrected chi connectivity index (χ0v) is 14.9. The molecule has 0 amide bonds. The lowest BCUT2D eigenvalue weighted by atomic mass is 10.0. The number of aromatic amines is 1. The van der Waals surface area contributed by atoms with Gasteiger partial charge >= 0.3 is 0 Å². The number of pyridine rings is 2. The smallest absolute Gasteiger partial charge is 0.220 e. The van der Waals surface area contributed by atoms with Crippen LogP contribution in [0.25, 0.3) is 33.5 Å². The van der Waals surface area contributed by atoms with E-state index in [1.165, 1.54) is 12.3 Å². The van der Waals surface area contributed by atoms with E-state index in [1.807, 2.05) is 17.7 Å². The van der Waals surface area contributed by atoms with Crippen molar-refractivity contribution >= 4 is 11.0 Å². The summed E-state index contributed by atoms with van der Waals surface area (Å²) in [5.74, 6) is 0.667. The molecule has 0 radical (unpaired) electrons. The predicted octanol–water partition coefficient (Wildman–Crippen LogP) is 3.36. The van der Waals surface area contributed by atoms with Gasteiger partial charge in [-0.25, -0.2) is 14.1 Å². The zero-order valence-electron chi connectivity index (χ0n) is 14.9. The molecule has 1 N–H and O–H groups in total. The molecule has 5 heterocycles. The van der Waals surface area contributed by atoms with Crippen LogP contribution < -0.4 is 4.74 Å². The summed E-state index contributed by atoms with van der Waals surface area (Å²) in [7, 11) is 0. The first-order valence-corrected chi connectivity index (χ1v) is 8.77. The first-order valence-electron chi connectivity index (χ1n) is 8.77. The average molecular weight is 364 g/mol.